The van der Waals surface area contributed by atoms with Crippen molar-refractivity contribution < 1.29 is 18.7 Å². The van der Waals surface area contributed by atoms with Gasteiger partial charge in [0.1, 0.15) is 12.6 Å². The first kappa shape index (κ1) is 12.8. The largest absolute Gasteiger partial charge is 0.480 e. The highest BCUT2D eigenvalue weighted by atomic mass is 19.3. The number of hydrogen-bond donors (Lipinski definition) is 3. The summed E-state index contributed by atoms with van der Waals surface area (Å²) >= 11 is 0. The summed E-state index contributed by atoms with van der Waals surface area (Å²) in [5.41, 5.74) is 10.0. The quantitative estimate of drug-likeness (QED) is 0.431. The van der Waals surface area contributed by atoms with Gasteiger partial charge in [-0.15, -0.1) is 0 Å². The van der Waals surface area contributed by atoms with Crippen LogP contribution in [-0.4, -0.2) is 35.4 Å². The number of carboxylic acids is 1. The van der Waals surface area contributed by atoms with E-state index in [0.717, 1.165) is 0 Å². The van der Waals surface area contributed by atoms with Gasteiger partial charge in [0.05, 0.1) is 5.84 Å². The Bertz CT molecular complexity index is 239. The molecule has 0 aliphatic rings. The molecule has 0 saturated carbocycles. The molecule has 0 aliphatic heterocycles. The van der Waals surface area contributed by atoms with E-state index >= 15 is 0 Å². The molecule has 0 amide bonds. The fourth-order valence-corrected chi connectivity index (χ4v) is 0.714. The lowest BCUT2D eigenvalue weighted by Crippen LogP contribution is -2.38. The van der Waals surface area contributed by atoms with Crippen LogP contribution in [0.3, 0.4) is 0 Å². The van der Waals surface area contributed by atoms with Crippen molar-refractivity contribution in [1.29, 1.82) is 0 Å². The van der Waals surface area contributed by atoms with E-state index in [0.29, 0.717) is 0 Å². The van der Waals surface area contributed by atoms with Gasteiger partial charge in [-0.25, -0.2) is 8.78 Å². The first-order valence-electron chi connectivity index (χ1n) is 3.87. The van der Waals surface area contributed by atoms with Crippen LogP contribution in [0.4, 0.5) is 8.78 Å². The summed E-state index contributed by atoms with van der Waals surface area (Å²) in [5.74, 6) is -4.68. The fraction of sp³-hybridized carbons (Fsp3) is 0.714. The van der Waals surface area contributed by atoms with Crippen LogP contribution in [0, 0.1) is 0 Å². The van der Waals surface area contributed by atoms with E-state index in [1.807, 2.05) is 0 Å². The molecule has 0 aromatic carbocycles. The molecule has 0 aromatic rings. The molecule has 0 saturated heterocycles. The van der Waals surface area contributed by atoms with Gasteiger partial charge in [0.2, 0.25) is 0 Å². The third kappa shape index (κ3) is 5.41. The number of nitrogens with zero attached hydrogens (tertiary/aromatic N) is 1. The van der Waals surface area contributed by atoms with E-state index < -0.39 is 30.9 Å². The van der Waals surface area contributed by atoms with Crippen LogP contribution in [0.15, 0.2) is 4.99 Å². The molecule has 0 spiro atoms. The minimum Gasteiger partial charge on any atom is -0.480 e. The number of carbonyl (C=O) groups is 1. The van der Waals surface area contributed by atoms with Crippen molar-refractivity contribution in [2.75, 3.05) is 6.54 Å². The molecule has 0 fully saturated rings. The molecule has 0 rings (SSSR count). The highest BCUT2D eigenvalue weighted by molar-refractivity contribution is 5.77. The second-order valence-corrected chi connectivity index (χ2v) is 2.96. The number of hydrogen-bond acceptors (Lipinski definition) is 3. The van der Waals surface area contributed by atoms with Crippen molar-refractivity contribution in [3.8, 4) is 0 Å². The van der Waals surface area contributed by atoms with Crippen LogP contribution < -0.4 is 11.5 Å². The SMILES string of the molecule is CC(N)=NCC(F)(F)CC(N)C(=O)O. The number of rotatable bonds is 5. The first-order valence-corrected chi connectivity index (χ1v) is 3.87. The van der Waals surface area contributed by atoms with Gasteiger partial charge < -0.3 is 16.6 Å². The maximum absolute atomic E-state index is 12.9. The Morgan fingerprint density at radius 3 is 2.50 bits per heavy atom. The van der Waals surface area contributed by atoms with E-state index in [4.69, 9.17) is 16.6 Å². The van der Waals surface area contributed by atoms with Crippen LogP contribution in [0.2, 0.25) is 0 Å². The molecule has 82 valence electrons. The van der Waals surface area contributed by atoms with E-state index in [1.165, 1.54) is 6.92 Å². The van der Waals surface area contributed by atoms with Crippen molar-refractivity contribution in [3.05, 3.63) is 0 Å². The highest BCUT2D eigenvalue weighted by Gasteiger charge is 2.33. The van der Waals surface area contributed by atoms with Crippen molar-refractivity contribution in [3.63, 3.8) is 0 Å². The minimum atomic E-state index is -3.24. The molecule has 0 bridgehead atoms. The standard InChI is InChI=1S/C7H13F2N3O2/c1-4(10)12-3-7(8,9)2-5(11)6(13)14/h5H,2-3,11H2,1H3,(H2,10,12)(H,13,14). The molecule has 7 heteroatoms. The average Bonchev–Trinajstić information content (AvgIpc) is 2.00. The highest BCUT2D eigenvalue weighted by Crippen LogP contribution is 2.20. The predicted octanol–water partition coefficient (Wildman–Crippen LogP) is -0.199. The Hall–Kier alpha value is -1.24. The lowest BCUT2D eigenvalue weighted by Gasteiger charge is -2.16. The molecule has 5 nitrogen and oxygen atoms in total. The molecule has 0 aliphatic carbocycles. The summed E-state index contributed by atoms with van der Waals surface area (Å²) in [6.45, 7) is 0.531. The van der Waals surface area contributed by atoms with Gasteiger partial charge in [0, 0.05) is 6.42 Å². The van der Waals surface area contributed by atoms with Crippen LogP contribution in [0.5, 0.6) is 0 Å². The van der Waals surface area contributed by atoms with E-state index in [9.17, 15) is 13.6 Å². The Morgan fingerprint density at radius 1 is 1.64 bits per heavy atom. The van der Waals surface area contributed by atoms with E-state index in [-0.39, 0.29) is 5.84 Å². The summed E-state index contributed by atoms with van der Waals surface area (Å²) < 4.78 is 25.8. The number of carboxylic acid groups (broad SMARTS) is 1. The summed E-state index contributed by atoms with van der Waals surface area (Å²) in [7, 11) is 0. The number of halogens is 2. The van der Waals surface area contributed by atoms with Gasteiger partial charge in [-0.2, -0.15) is 0 Å². The van der Waals surface area contributed by atoms with Crippen molar-refractivity contribution in [1.82, 2.24) is 0 Å². The maximum Gasteiger partial charge on any atom is 0.320 e. The van der Waals surface area contributed by atoms with Crippen LogP contribution >= 0.6 is 0 Å². The summed E-state index contributed by atoms with van der Waals surface area (Å²) in [6.07, 6.45) is -0.945. The number of aliphatic carboxylic acids is 1. The van der Waals surface area contributed by atoms with E-state index in [2.05, 4.69) is 4.99 Å². The summed E-state index contributed by atoms with van der Waals surface area (Å²) in [4.78, 5) is 13.5. The van der Waals surface area contributed by atoms with Gasteiger partial charge in [-0.05, 0) is 6.92 Å². The predicted molar refractivity (Wildman–Crippen MR) is 47.3 cm³/mol. The van der Waals surface area contributed by atoms with E-state index in [1.54, 1.807) is 0 Å². The molecular weight excluding hydrogens is 196 g/mol. The minimum absolute atomic E-state index is 0.0218. The first-order chi connectivity index (χ1) is 6.24. The van der Waals surface area contributed by atoms with Gasteiger partial charge >= 0.3 is 5.97 Å². The smallest absolute Gasteiger partial charge is 0.320 e. The normalized spacial score (nSPS) is 15.3. The second kappa shape index (κ2) is 4.85. The van der Waals surface area contributed by atoms with Gasteiger partial charge in [-0.1, -0.05) is 0 Å². The monoisotopic (exact) mass is 209 g/mol. The lowest BCUT2D eigenvalue weighted by molar-refractivity contribution is -0.141. The number of nitrogens with two attached hydrogens (primary N) is 2. The fourth-order valence-electron chi connectivity index (χ4n) is 0.714. The molecule has 0 heterocycles. The second-order valence-electron chi connectivity index (χ2n) is 2.96. The average molecular weight is 209 g/mol. The van der Waals surface area contributed by atoms with Gasteiger partial charge in [-0.3, -0.25) is 9.79 Å². The van der Waals surface area contributed by atoms with Crippen molar-refractivity contribution in [2.45, 2.75) is 25.3 Å². The Labute approximate surface area is 79.8 Å². The van der Waals surface area contributed by atoms with Gasteiger partial charge in [0.15, 0.2) is 0 Å². The molecular formula is C7H13F2N3O2. The zero-order valence-corrected chi connectivity index (χ0v) is 7.70. The molecule has 1 atom stereocenters. The van der Waals surface area contributed by atoms with Crippen LogP contribution in [-0.2, 0) is 4.79 Å². The van der Waals surface area contributed by atoms with Crippen LogP contribution in [0.1, 0.15) is 13.3 Å². The third-order valence-electron chi connectivity index (χ3n) is 1.40. The third-order valence-corrected chi connectivity index (χ3v) is 1.40. The topological polar surface area (TPSA) is 102 Å². The number of amidine groups is 1. The number of alkyl halides is 2. The molecule has 5 N–H and O–H groups in total. The Kier molecular flexibility index (Phi) is 4.42. The molecule has 1 unspecified atom stereocenters. The lowest BCUT2D eigenvalue weighted by atomic mass is 10.1. The maximum atomic E-state index is 12.9. The van der Waals surface area contributed by atoms with Crippen molar-refractivity contribution in [2.24, 2.45) is 16.5 Å². The van der Waals surface area contributed by atoms with Crippen LogP contribution in [0.25, 0.3) is 0 Å². The summed E-state index contributed by atoms with van der Waals surface area (Å²) in [6, 6.07) is -1.58. The van der Waals surface area contributed by atoms with Crippen molar-refractivity contribution >= 4 is 11.8 Å². The molecule has 0 aromatic heterocycles. The number of aliphatic imine (C=N–C) groups is 1. The Morgan fingerprint density at radius 2 is 2.14 bits per heavy atom. The Balaban J connectivity index is 4.20. The zero-order valence-electron chi connectivity index (χ0n) is 7.70. The summed E-state index contributed by atoms with van der Waals surface area (Å²) in [5, 5.41) is 8.30. The van der Waals surface area contributed by atoms with Gasteiger partial charge in [0.25, 0.3) is 5.92 Å². The zero-order chi connectivity index (χ0) is 11.4. The molecule has 14 heavy (non-hydrogen) atoms. The molecule has 0 radical (unpaired) electrons.